The molecule has 2 heterocycles. The van der Waals surface area contributed by atoms with Crippen LogP contribution in [0, 0.1) is 0 Å². The van der Waals surface area contributed by atoms with Crippen molar-refractivity contribution in [1.29, 1.82) is 0 Å². The van der Waals surface area contributed by atoms with Gasteiger partial charge in [0.15, 0.2) is 5.75 Å². The minimum absolute atomic E-state index is 0.140. The van der Waals surface area contributed by atoms with Gasteiger partial charge in [0, 0.05) is 15.9 Å². The number of thiophene rings is 1. The quantitative estimate of drug-likeness (QED) is 0.624. The Balaban J connectivity index is 2.48. The molecule has 0 spiro atoms. The zero-order valence-electron chi connectivity index (χ0n) is 10.9. The molecule has 0 saturated heterocycles. The SMILES string of the molecule is CCCn1ncc(OC)c1C(NN)c1sccc1Br. The highest BCUT2D eigenvalue weighted by molar-refractivity contribution is 9.10. The topological polar surface area (TPSA) is 65.1 Å². The van der Waals surface area contributed by atoms with Crippen molar-refractivity contribution in [2.75, 3.05) is 7.11 Å². The van der Waals surface area contributed by atoms with Crippen molar-refractivity contribution in [1.82, 2.24) is 15.2 Å². The maximum atomic E-state index is 5.75. The number of rotatable bonds is 6. The summed E-state index contributed by atoms with van der Waals surface area (Å²) in [6.07, 6.45) is 2.73. The Kier molecular flexibility index (Phi) is 4.98. The lowest BCUT2D eigenvalue weighted by Crippen LogP contribution is -2.30. The maximum Gasteiger partial charge on any atom is 0.162 e. The number of nitrogens with one attached hydrogen (secondary N) is 1. The van der Waals surface area contributed by atoms with Crippen LogP contribution in [0.25, 0.3) is 0 Å². The number of ether oxygens (including phenoxy) is 1. The Morgan fingerprint density at radius 3 is 2.95 bits per heavy atom. The molecule has 0 aliphatic carbocycles. The molecule has 0 saturated carbocycles. The summed E-state index contributed by atoms with van der Waals surface area (Å²) >= 11 is 5.19. The van der Waals surface area contributed by atoms with Crippen LogP contribution in [0.2, 0.25) is 0 Å². The molecule has 0 radical (unpaired) electrons. The van der Waals surface area contributed by atoms with Crippen molar-refractivity contribution in [2.24, 2.45) is 5.84 Å². The number of halogens is 1. The van der Waals surface area contributed by atoms with Gasteiger partial charge in [0.05, 0.1) is 13.3 Å². The summed E-state index contributed by atoms with van der Waals surface area (Å²) in [4.78, 5) is 1.11. The van der Waals surface area contributed by atoms with Gasteiger partial charge in [0.25, 0.3) is 0 Å². The van der Waals surface area contributed by atoms with Gasteiger partial charge in [-0.3, -0.25) is 10.5 Å². The molecule has 0 aliphatic heterocycles. The highest BCUT2D eigenvalue weighted by atomic mass is 79.9. The number of hydrazine groups is 1. The summed E-state index contributed by atoms with van der Waals surface area (Å²) in [5.41, 5.74) is 3.81. The van der Waals surface area contributed by atoms with E-state index in [1.54, 1.807) is 24.6 Å². The van der Waals surface area contributed by atoms with Gasteiger partial charge >= 0.3 is 0 Å². The second-order valence-electron chi connectivity index (χ2n) is 4.05. The van der Waals surface area contributed by atoms with Crippen molar-refractivity contribution in [3.05, 3.63) is 32.7 Å². The Bertz CT molecular complexity index is 540. The molecule has 2 aromatic rings. The second kappa shape index (κ2) is 6.51. The highest BCUT2D eigenvalue weighted by Crippen LogP contribution is 2.36. The summed E-state index contributed by atoms with van der Waals surface area (Å²) in [5, 5.41) is 6.40. The number of aromatic nitrogens is 2. The zero-order chi connectivity index (χ0) is 13.8. The molecule has 7 heteroatoms. The predicted octanol–water partition coefficient (Wildman–Crippen LogP) is 2.68. The van der Waals surface area contributed by atoms with E-state index in [1.807, 2.05) is 16.1 Å². The Labute approximate surface area is 124 Å². The number of aryl methyl sites for hydroxylation is 1. The predicted molar refractivity (Wildman–Crippen MR) is 80.3 cm³/mol. The lowest BCUT2D eigenvalue weighted by atomic mass is 10.1. The third kappa shape index (κ3) is 2.84. The maximum absolute atomic E-state index is 5.75. The molecule has 0 aliphatic rings. The summed E-state index contributed by atoms with van der Waals surface area (Å²) in [5.74, 6) is 6.50. The van der Waals surface area contributed by atoms with Crippen LogP contribution in [-0.2, 0) is 6.54 Å². The van der Waals surface area contributed by atoms with E-state index in [9.17, 15) is 0 Å². The van der Waals surface area contributed by atoms with Gasteiger partial charge in [-0.25, -0.2) is 5.43 Å². The lowest BCUT2D eigenvalue weighted by Gasteiger charge is -2.18. The van der Waals surface area contributed by atoms with E-state index in [2.05, 4.69) is 33.4 Å². The van der Waals surface area contributed by atoms with Crippen molar-refractivity contribution >= 4 is 27.3 Å². The molecule has 5 nitrogen and oxygen atoms in total. The fraction of sp³-hybridized carbons (Fsp3) is 0.417. The van der Waals surface area contributed by atoms with Crippen molar-refractivity contribution in [3.63, 3.8) is 0 Å². The molecular formula is C12H17BrN4OS. The van der Waals surface area contributed by atoms with Crippen molar-refractivity contribution in [3.8, 4) is 5.75 Å². The first kappa shape index (κ1) is 14.5. The summed E-state index contributed by atoms with van der Waals surface area (Å²) in [7, 11) is 1.65. The molecule has 2 rings (SSSR count). The molecule has 104 valence electrons. The zero-order valence-corrected chi connectivity index (χ0v) is 13.3. The van der Waals surface area contributed by atoms with Gasteiger partial charge in [0.1, 0.15) is 11.7 Å². The summed E-state index contributed by atoms with van der Waals surface area (Å²) < 4.78 is 8.38. The molecule has 1 atom stereocenters. The molecule has 19 heavy (non-hydrogen) atoms. The number of hydrogen-bond acceptors (Lipinski definition) is 5. The van der Waals surface area contributed by atoms with Gasteiger partial charge in [-0.05, 0) is 33.8 Å². The van der Waals surface area contributed by atoms with E-state index in [-0.39, 0.29) is 6.04 Å². The normalized spacial score (nSPS) is 12.6. The number of nitrogens with two attached hydrogens (primary N) is 1. The van der Waals surface area contributed by atoms with E-state index in [0.29, 0.717) is 0 Å². The molecule has 0 amide bonds. The van der Waals surface area contributed by atoms with Crippen molar-refractivity contribution < 1.29 is 4.74 Å². The highest BCUT2D eigenvalue weighted by Gasteiger charge is 2.25. The third-order valence-corrected chi connectivity index (χ3v) is 4.78. The van der Waals surface area contributed by atoms with Crippen LogP contribution >= 0.6 is 27.3 Å². The fourth-order valence-corrected chi connectivity index (χ4v) is 3.67. The van der Waals surface area contributed by atoms with Gasteiger partial charge in [-0.2, -0.15) is 5.10 Å². The first-order valence-corrected chi connectivity index (χ1v) is 7.68. The Morgan fingerprint density at radius 2 is 2.42 bits per heavy atom. The van der Waals surface area contributed by atoms with E-state index < -0.39 is 0 Å². The lowest BCUT2D eigenvalue weighted by molar-refractivity contribution is 0.399. The largest absolute Gasteiger partial charge is 0.493 e. The van der Waals surface area contributed by atoms with Gasteiger partial charge in [0.2, 0.25) is 0 Å². The average Bonchev–Trinajstić information content (AvgIpc) is 3.00. The van der Waals surface area contributed by atoms with Crippen LogP contribution in [0.4, 0.5) is 0 Å². The minimum Gasteiger partial charge on any atom is -0.493 e. The average molecular weight is 345 g/mol. The Morgan fingerprint density at radius 1 is 1.63 bits per heavy atom. The molecular weight excluding hydrogens is 328 g/mol. The van der Waals surface area contributed by atoms with E-state index in [4.69, 9.17) is 10.6 Å². The van der Waals surface area contributed by atoms with Crippen LogP contribution < -0.4 is 16.0 Å². The second-order valence-corrected chi connectivity index (χ2v) is 5.86. The summed E-state index contributed by atoms with van der Waals surface area (Å²) in [6, 6.07) is 1.87. The number of methoxy groups -OCH3 is 1. The minimum atomic E-state index is -0.140. The first-order valence-electron chi connectivity index (χ1n) is 6.01. The molecule has 1 unspecified atom stereocenters. The van der Waals surface area contributed by atoms with Crippen LogP contribution in [0.5, 0.6) is 5.75 Å². The number of hydrogen-bond donors (Lipinski definition) is 2. The van der Waals surface area contributed by atoms with E-state index in [0.717, 1.165) is 33.8 Å². The van der Waals surface area contributed by atoms with E-state index >= 15 is 0 Å². The van der Waals surface area contributed by atoms with Gasteiger partial charge < -0.3 is 4.74 Å². The Hall–Kier alpha value is -0.890. The van der Waals surface area contributed by atoms with Gasteiger partial charge in [-0.1, -0.05) is 6.92 Å². The molecule has 2 aromatic heterocycles. The molecule has 0 fully saturated rings. The van der Waals surface area contributed by atoms with Crippen LogP contribution in [0.15, 0.2) is 22.1 Å². The first-order chi connectivity index (χ1) is 9.22. The smallest absolute Gasteiger partial charge is 0.162 e. The van der Waals surface area contributed by atoms with E-state index in [1.165, 1.54) is 0 Å². The molecule has 0 aromatic carbocycles. The fourth-order valence-electron chi connectivity index (χ4n) is 2.01. The monoisotopic (exact) mass is 344 g/mol. The molecule has 3 N–H and O–H groups in total. The van der Waals surface area contributed by atoms with Gasteiger partial charge in [-0.15, -0.1) is 11.3 Å². The number of nitrogens with zero attached hydrogens (tertiary/aromatic N) is 2. The van der Waals surface area contributed by atoms with Crippen LogP contribution in [0.1, 0.15) is 30.0 Å². The summed E-state index contributed by atoms with van der Waals surface area (Å²) in [6.45, 7) is 2.95. The molecule has 0 bridgehead atoms. The van der Waals surface area contributed by atoms with Crippen LogP contribution in [0.3, 0.4) is 0 Å². The van der Waals surface area contributed by atoms with Crippen molar-refractivity contribution in [2.45, 2.75) is 25.9 Å². The standard InChI is InChI=1S/C12H17BrN4OS/c1-3-5-17-11(9(18-2)7-15-17)10(16-14)12-8(13)4-6-19-12/h4,6-7,10,16H,3,5,14H2,1-2H3. The third-order valence-electron chi connectivity index (χ3n) is 2.85. The van der Waals surface area contributed by atoms with Crippen LogP contribution in [-0.4, -0.2) is 16.9 Å².